The van der Waals surface area contributed by atoms with E-state index in [0.717, 1.165) is 17.1 Å². The standard InChI is InChI=1S/C18H13N3S3/c1-3-14(22-8-1)18(15-4-2-9-23-15)6-5-12-13(11-18)20-21-16(12)17-19-7-10-24-17/h1-10H,11H2,(H,20,21). The molecule has 0 aromatic carbocycles. The van der Waals surface area contributed by atoms with Crippen LogP contribution in [-0.2, 0) is 11.8 Å². The highest BCUT2D eigenvalue weighted by Gasteiger charge is 2.38. The van der Waals surface area contributed by atoms with Gasteiger partial charge in [-0.15, -0.1) is 34.0 Å². The number of aromatic nitrogens is 3. The largest absolute Gasteiger partial charge is 0.281 e. The maximum absolute atomic E-state index is 4.55. The Bertz CT molecular complexity index is 943. The Labute approximate surface area is 151 Å². The lowest BCUT2D eigenvalue weighted by molar-refractivity contribution is 0.645. The number of hydrogen-bond acceptors (Lipinski definition) is 5. The molecule has 24 heavy (non-hydrogen) atoms. The molecule has 0 amide bonds. The zero-order valence-corrected chi connectivity index (χ0v) is 15.0. The van der Waals surface area contributed by atoms with E-state index in [-0.39, 0.29) is 5.41 Å². The molecule has 0 bridgehead atoms. The Morgan fingerprint density at radius 3 is 2.42 bits per heavy atom. The van der Waals surface area contributed by atoms with Crippen LogP contribution in [0.1, 0.15) is 21.0 Å². The van der Waals surface area contributed by atoms with Crippen molar-refractivity contribution in [3.63, 3.8) is 0 Å². The lowest BCUT2D eigenvalue weighted by Crippen LogP contribution is -2.28. The molecule has 0 radical (unpaired) electrons. The number of thiazole rings is 1. The first kappa shape index (κ1) is 14.3. The SMILES string of the molecule is C1=CC(c2cccs2)(c2cccs2)Cc2[nH]nc(-c3nccs3)c21. The molecule has 0 atom stereocenters. The molecule has 0 unspecified atom stereocenters. The maximum atomic E-state index is 4.55. The summed E-state index contributed by atoms with van der Waals surface area (Å²) >= 11 is 5.26. The number of rotatable bonds is 3. The van der Waals surface area contributed by atoms with E-state index in [2.05, 4.69) is 62.4 Å². The Balaban J connectivity index is 1.66. The molecular weight excluding hydrogens is 354 g/mol. The highest BCUT2D eigenvalue weighted by molar-refractivity contribution is 7.13. The summed E-state index contributed by atoms with van der Waals surface area (Å²) in [6, 6.07) is 8.73. The second kappa shape index (κ2) is 5.51. The van der Waals surface area contributed by atoms with Crippen molar-refractivity contribution in [2.45, 2.75) is 11.8 Å². The third-order valence-corrected chi connectivity index (χ3v) is 7.30. The van der Waals surface area contributed by atoms with E-state index in [1.807, 2.05) is 34.3 Å². The van der Waals surface area contributed by atoms with E-state index in [0.29, 0.717) is 0 Å². The van der Waals surface area contributed by atoms with Crippen molar-refractivity contribution >= 4 is 40.1 Å². The zero-order valence-electron chi connectivity index (χ0n) is 12.6. The van der Waals surface area contributed by atoms with Crippen LogP contribution in [0.15, 0.2) is 52.7 Å². The molecule has 6 heteroatoms. The molecule has 5 rings (SSSR count). The molecule has 1 aliphatic rings. The first-order chi connectivity index (χ1) is 11.9. The minimum atomic E-state index is -0.0952. The van der Waals surface area contributed by atoms with Crippen molar-refractivity contribution in [3.8, 4) is 10.7 Å². The Morgan fingerprint density at radius 2 is 1.79 bits per heavy atom. The van der Waals surface area contributed by atoms with Gasteiger partial charge in [0.2, 0.25) is 0 Å². The van der Waals surface area contributed by atoms with Gasteiger partial charge in [0.05, 0.1) is 5.41 Å². The summed E-state index contributed by atoms with van der Waals surface area (Å²) in [7, 11) is 0. The van der Waals surface area contributed by atoms with Crippen molar-refractivity contribution < 1.29 is 0 Å². The van der Waals surface area contributed by atoms with Gasteiger partial charge in [-0.1, -0.05) is 24.3 Å². The molecule has 4 aromatic rings. The summed E-state index contributed by atoms with van der Waals surface area (Å²) in [5.74, 6) is 0. The molecule has 0 saturated heterocycles. The summed E-state index contributed by atoms with van der Waals surface area (Å²) in [5.41, 5.74) is 3.22. The average Bonchev–Trinajstić information content (AvgIpc) is 3.43. The summed E-state index contributed by atoms with van der Waals surface area (Å²) < 4.78 is 0. The summed E-state index contributed by atoms with van der Waals surface area (Å²) in [6.45, 7) is 0. The zero-order chi connectivity index (χ0) is 16.0. The van der Waals surface area contributed by atoms with E-state index in [4.69, 9.17) is 0 Å². The quantitative estimate of drug-likeness (QED) is 0.540. The lowest BCUT2D eigenvalue weighted by atomic mass is 9.76. The van der Waals surface area contributed by atoms with Gasteiger partial charge in [0.15, 0.2) is 0 Å². The van der Waals surface area contributed by atoms with Crippen LogP contribution in [0, 0.1) is 0 Å². The van der Waals surface area contributed by atoms with Crippen LogP contribution in [0.25, 0.3) is 16.8 Å². The fraction of sp³-hybridized carbons (Fsp3) is 0.111. The van der Waals surface area contributed by atoms with Crippen molar-refractivity contribution in [3.05, 3.63) is 73.7 Å². The number of nitrogens with one attached hydrogen (secondary N) is 1. The molecule has 1 N–H and O–H groups in total. The van der Waals surface area contributed by atoms with Crippen molar-refractivity contribution in [1.29, 1.82) is 0 Å². The van der Waals surface area contributed by atoms with E-state index >= 15 is 0 Å². The van der Waals surface area contributed by atoms with Crippen LogP contribution in [0.4, 0.5) is 0 Å². The molecule has 0 aliphatic heterocycles. The smallest absolute Gasteiger partial charge is 0.144 e. The number of fused-ring (bicyclic) bond motifs is 1. The van der Waals surface area contributed by atoms with Crippen LogP contribution in [-0.4, -0.2) is 15.2 Å². The first-order valence-electron chi connectivity index (χ1n) is 7.61. The number of allylic oxidation sites excluding steroid dienone is 1. The number of hydrogen-bond donors (Lipinski definition) is 1. The number of H-pyrrole nitrogens is 1. The van der Waals surface area contributed by atoms with Crippen LogP contribution in [0.2, 0.25) is 0 Å². The lowest BCUT2D eigenvalue weighted by Gasteiger charge is -2.31. The third kappa shape index (κ3) is 2.07. The molecule has 0 saturated carbocycles. The number of nitrogens with zero attached hydrogens (tertiary/aromatic N) is 2. The predicted octanol–water partition coefficient (Wildman–Crippen LogP) is 5.21. The Hall–Kier alpha value is -2.02. The fourth-order valence-corrected chi connectivity index (χ4v) is 5.84. The Morgan fingerprint density at radius 1 is 1.00 bits per heavy atom. The van der Waals surface area contributed by atoms with Gasteiger partial charge in [0.1, 0.15) is 10.7 Å². The molecule has 4 heterocycles. The van der Waals surface area contributed by atoms with Crippen molar-refractivity contribution in [2.24, 2.45) is 0 Å². The highest BCUT2D eigenvalue weighted by Crippen LogP contribution is 2.46. The summed E-state index contributed by atoms with van der Waals surface area (Å²) in [4.78, 5) is 7.15. The molecule has 1 aliphatic carbocycles. The second-order valence-electron chi connectivity index (χ2n) is 5.74. The fourth-order valence-electron chi connectivity index (χ4n) is 3.29. The molecular formula is C18H13N3S3. The second-order valence-corrected chi connectivity index (χ2v) is 8.53. The minimum absolute atomic E-state index is 0.0952. The van der Waals surface area contributed by atoms with Gasteiger partial charge in [-0.25, -0.2) is 4.98 Å². The molecule has 3 nitrogen and oxygen atoms in total. The van der Waals surface area contributed by atoms with E-state index in [1.54, 1.807) is 11.3 Å². The number of aromatic amines is 1. The third-order valence-electron chi connectivity index (χ3n) is 4.43. The van der Waals surface area contributed by atoms with Crippen LogP contribution in [0.5, 0.6) is 0 Å². The van der Waals surface area contributed by atoms with Gasteiger partial charge < -0.3 is 0 Å². The maximum Gasteiger partial charge on any atom is 0.144 e. The average molecular weight is 368 g/mol. The normalized spacial score (nSPS) is 15.5. The van der Waals surface area contributed by atoms with Gasteiger partial charge >= 0.3 is 0 Å². The molecule has 118 valence electrons. The van der Waals surface area contributed by atoms with Gasteiger partial charge in [-0.3, -0.25) is 5.10 Å². The summed E-state index contributed by atoms with van der Waals surface area (Å²) in [6.07, 6.45) is 7.30. The van der Waals surface area contributed by atoms with Gasteiger partial charge in [-0.05, 0) is 22.9 Å². The highest BCUT2D eigenvalue weighted by atomic mass is 32.1. The van der Waals surface area contributed by atoms with Gasteiger partial charge in [0.25, 0.3) is 0 Å². The van der Waals surface area contributed by atoms with E-state index < -0.39 is 0 Å². The van der Waals surface area contributed by atoms with Crippen molar-refractivity contribution in [1.82, 2.24) is 15.2 Å². The molecule has 0 spiro atoms. The topological polar surface area (TPSA) is 41.6 Å². The first-order valence-corrected chi connectivity index (χ1v) is 10.2. The monoisotopic (exact) mass is 367 g/mol. The molecule has 4 aromatic heterocycles. The van der Waals surface area contributed by atoms with E-state index in [9.17, 15) is 0 Å². The minimum Gasteiger partial charge on any atom is -0.281 e. The Kier molecular flexibility index (Phi) is 3.29. The van der Waals surface area contributed by atoms with Crippen LogP contribution >= 0.6 is 34.0 Å². The van der Waals surface area contributed by atoms with Crippen LogP contribution in [0.3, 0.4) is 0 Å². The van der Waals surface area contributed by atoms with Crippen molar-refractivity contribution in [2.75, 3.05) is 0 Å². The predicted molar refractivity (Wildman–Crippen MR) is 102 cm³/mol. The molecule has 0 fully saturated rings. The summed E-state index contributed by atoms with van der Waals surface area (Å²) in [5, 5.41) is 15.1. The van der Waals surface area contributed by atoms with Crippen LogP contribution < -0.4 is 0 Å². The van der Waals surface area contributed by atoms with E-state index in [1.165, 1.54) is 21.0 Å². The van der Waals surface area contributed by atoms with Gasteiger partial charge in [-0.2, -0.15) is 5.10 Å². The van der Waals surface area contributed by atoms with Gasteiger partial charge in [0, 0.05) is 39.0 Å². The number of thiophene rings is 2.